The molecule has 1 aromatic carbocycles. The number of hydrogen-bond acceptors (Lipinski definition) is 3. The van der Waals surface area contributed by atoms with Gasteiger partial charge < -0.3 is 4.74 Å². The summed E-state index contributed by atoms with van der Waals surface area (Å²) < 4.78 is 5.10. The highest BCUT2D eigenvalue weighted by Gasteiger charge is 2.19. The van der Waals surface area contributed by atoms with Crippen molar-refractivity contribution < 1.29 is 14.3 Å². The smallest absolute Gasteiger partial charge is 0.273 e. The minimum absolute atomic E-state index is 0.170. The monoisotopic (exact) mass is 310 g/mol. The van der Waals surface area contributed by atoms with Crippen LogP contribution in [0.25, 0.3) is 0 Å². The van der Waals surface area contributed by atoms with Crippen molar-refractivity contribution in [3.05, 3.63) is 28.8 Å². The first-order valence-corrected chi connectivity index (χ1v) is 7.40. The third-order valence-corrected chi connectivity index (χ3v) is 3.91. The molecule has 0 unspecified atom stereocenters. The Morgan fingerprint density at radius 3 is 2.67 bits per heavy atom. The van der Waals surface area contributed by atoms with E-state index in [4.69, 9.17) is 16.3 Å². The fraction of sp³-hybridized carbons (Fsp3) is 0.467. The number of halogens is 1. The lowest BCUT2D eigenvalue weighted by Crippen LogP contribution is -2.42. The van der Waals surface area contributed by atoms with Gasteiger partial charge >= 0.3 is 0 Å². The van der Waals surface area contributed by atoms with Gasteiger partial charge in [0, 0.05) is 11.4 Å². The average molecular weight is 311 g/mol. The van der Waals surface area contributed by atoms with Gasteiger partial charge in [0.1, 0.15) is 5.75 Å². The first kappa shape index (κ1) is 15.6. The number of rotatable bonds is 4. The molecular formula is C15H19ClN2O3. The van der Waals surface area contributed by atoms with Gasteiger partial charge in [-0.2, -0.15) is 0 Å². The highest BCUT2D eigenvalue weighted by Crippen LogP contribution is 2.27. The summed E-state index contributed by atoms with van der Waals surface area (Å²) in [5.41, 5.74) is 5.12. The summed E-state index contributed by atoms with van der Waals surface area (Å²) in [6.45, 7) is 0. The molecule has 1 aliphatic rings. The number of carbonyl (C=O) groups is 2. The highest BCUT2D eigenvalue weighted by atomic mass is 35.5. The van der Waals surface area contributed by atoms with Crippen LogP contribution in [-0.2, 0) is 4.79 Å². The lowest BCUT2D eigenvalue weighted by molar-refractivity contribution is -0.122. The molecule has 0 radical (unpaired) electrons. The first-order chi connectivity index (χ1) is 10.1. The average Bonchev–Trinajstić information content (AvgIpc) is 2.97. The van der Waals surface area contributed by atoms with Crippen LogP contribution >= 0.6 is 11.6 Å². The number of amides is 2. The van der Waals surface area contributed by atoms with Crippen molar-refractivity contribution in [3.63, 3.8) is 0 Å². The molecule has 1 saturated carbocycles. The van der Waals surface area contributed by atoms with Crippen LogP contribution in [0, 0.1) is 5.92 Å². The Hall–Kier alpha value is -1.75. The molecule has 114 valence electrons. The summed E-state index contributed by atoms with van der Waals surface area (Å²) in [4.78, 5) is 23.8. The van der Waals surface area contributed by atoms with Crippen molar-refractivity contribution in [3.8, 4) is 5.75 Å². The molecule has 0 bridgehead atoms. The lowest BCUT2D eigenvalue weighted by Gasteiger charge is -2.12. The number of hydrazine groups is 1. The summed E-state index contributed by atoms with van der Waals surface area (Å²) in [5.74, 6) is 0.218. The largest absolute Gasteiger partial charge is 0.496 e. The second-order valence-corrected chi connectivity index (χ2v) is 5.64. The summed E-state index contributed by atoms with van der Waals surface area (Å²) in [5, 5.41) is 0.429. The van der Waals surface area contributed by atoms with Gasteiger partial charge in [0.25, 0.3) is 5.91 Å². The van der Waals surface area contributed by atoms with E-state index in [1.54, 1.807) is 12.1 Å². The molecule has 1 aromatic rings. The van der Waals surface area contributed by atoms with Gasteiger partial charge in [-0.1, -0.05) is 24.4 Å². The Morgan fingerprint density at radius 1 is 1.29 bits per heavy atom. The Bertz CT molecular complexity index is 528. The second kappa shape index (κ2) is 7.31. The summed E-state index contributed by atoms with van der Waals surface area (Å²) >= 11 is 5.87. The minimum Gasteiger partial charge on any atom is -0.496 e. The van der Waals surface area contributed by atoms with Crippen LogP contribution in [0.4, 0.5) is 0 Å². The van der Waals surface area contributed by atoms with Crippen LogP contribution in [-0.4, -0.2) is 18.9 Å². The Labute approximate surface area is 129 Å². The van der Waals surface area contributed by atoms with E-state index in [1.165, 1.54) is 26.0 Å². The maximum Gasteiger partial charge on any atom is 0.273 e. The van der Waals surface area contributed by atoms with Gasteiger partial charge in [-0.15, -0.1) is 0 Å². The van der Waals surface area contributed by atoms with Crippen molar-refractivity contribution in [2.24, 2.45) is 5.92 Å². The fourth-order valence-corrected chi connectivity index (χ4v) is 2.75. The molecule has 0 saturated heterocycles. The zero-order valence-corrected chi connectivity index (χ0v) is 12.7. The Balaban J connectivity index is 1.89. The van der Waals surface area contributed by atoms with Crippen LogP contribution in [0.5, 0.6) is 5.75 Å². The first-order valence-electron chi connectivity index (χ1n) is 7.03. The molecule has 2 N–H and O–H groups in total. The normalized spacial score (nSPS) is 14.8. The molecule has 2 rings (SSSR count). The fourth-order valence-electron chi connectivity index (χ4n) is 2.58. The molecular weight excluding hydrogens is 292 g/mol. The molecule has 1 aliphatic carbocycles. The van der Waals surface area contributed by atoms with Crippen molar-refractivity contribution in [1.29, 1.82) is 0 Å². The zero-order chi connectivity index (χ0) is 15.2. The molecule has 1 fully saturated rings. The zero-order valence-electron chi connectivity index (χ0n) is 11.9. The van der Waals surface area contributed by atoms with Crippen molar-refractivity contribution in [2.45, 2.75) is 32.1 Å². The van der Waals surface area contributed by atoms with E-state index in [0.717, 1.165) is 12.8 Å². The third-order valence-electron chi connectivity index (χ3n) is 3.67. The molecule has 5 nitrogen and oxygen atoms in total. The van der Waals surface area contributed by atoms with Crippen molar-refractivity contribution in [1.82, 2.24) is 10.9 Å². The Kier molecular flexibility index (Phi) is 5.44. The lowest BCUT2D eigenvalue weighted by atomic mass is 10.0. The number of methoxy groups -OCH3 is 1. The van der Waals surface area contributed by atoms with Gasteiger partial charge in [0.15, 0.2) is 0 Å². The third kappa shape index (κ3) is 4.36. The number of benzene rings is 1. The predicted molar refractivity (Wildman–Crippen MR) is 80.2 cm³/mol. The maximum atomic E-state index is 12.1. The van der Waals surface area contributed by atoms with Gasteiger partial charge in [-0.3, -0.25) is 20.4 Å². The van der Waals surface area contributed by atoms with Gasteiger partial charge in [-0.05, 0) is 37.0 Å². The van der Waals surface area contributed by atoms with Crippen LogP contribution in [0.2, 0.25) is 5.02 Å². The number of carbonyl (C=O) groups excluding carboxylic acids is 2. The standard InChI is InChI=1S/C15H19ClN2O3/c1-21-13-7-6-11(16)9-12(13)15(20)18-17-14(19)8-10-4-2-3-5-10/h6-7,9-10H,2-5,8H2,1H3,(H,17,19)(H,18,20). The molecule has 0 aromatic heterocycles. The quantitative estimate of drug-likeness (QED) is 0.840. The highest BCUT2D eigenvalue weighted by molar-refractivity contribution is 6.31. The van der Waals surface area contributed by atoms with Crippen LogP contribution in [0.1, 0.15) is 42.5 Å². The van der Waals surface area contributed by atoms with Crippen LogP contribution in [0.3, 0.4) is 0 Å². The van der Waals surface area contributed by atoms with Crippen molar-refractivity contribution >= 4 is 23.4 Å². The van der Waals surface area contributed by atoms with Gasteiger partial charge in [0.05, 0.1) is 12.7 Å². The molecule has 6 heteroatoms. The SMILES string of the molecule is COc1ccc(Cl)cc1C(=O)NNC(=O)CC1CCCC1. The summed E-state index contributed by atoms with van der Waals surface area (Å²) in [7, 11) is 1.47. The molecule has 0 heterocycles. The van der Waals surface area contributed by atoms with Gasteiger partial charge in [-0.25, -0.2) is 0 Å². The number of nitrogens with one attached hydrogen (secondary N) is 2. The minimum atomic E-state index is -0.450. The summed E-state index contributed by atoms with van der Waals surface area (Å²) in [6.07, 6.45) is 4.99. The molecule has 21 heavy (non-hydrogen) atoms. The number of hydrogen-bond donors (Lipinski definition) is 2. The molecule has 2 amide bonds. The van der Waals surface area contributed by atoms with Crippen LogP contribution in [0.15, 0.2) is 18.2 Å². The maximum absolute atomic E-state index is 12.1. The second-order valence-electron chi connectivity index (χ2n) is 5.20. The van der Waals surface area contributed by atoms with Crippen LogP contribution < -0.4 is 15.6 Å². The molecule has 0 aliphatic heterocycles. The van der Waals surface area contributed by atoms with E-state index >= 15 is 0 Å². The predicted octanol–water partition coefficient (Wildman–Crippen LogP) is 2.69. The van der Waals surface area contributed by atoms with E-state index in [1.807, 2.05) is 0 Å². The van der Waals surface area contributed by atoms with E-state index in [9.17, 15) is 9.59 Å². The molecule has 0 atom stereocenters. The summed E-state index contributed by atoms with van der Waals surface area (Å²) in [6, 6.07) is 4.74. The molecule has 0 spiro atoms. The Morgan fingerprint density at radius 2 is 2.00 bits per heavy atom. The topological polar surface area (TPSA) is 67.4 Å². The van der Waals surface area contributed by atoms with E-state index in [2.05, 4.69) is 10.9 Å². The van der Waals surface area contributed by atoms with Crippen molar-refractivity contribution in [2.75, 3.05) is 7.11 Å². The number of ether oxygens (including phenoxy) is 1. The van der Waals surface area contributed by atoms with E-state index in [0.29, 0.717) is 23.1 Å². The van der Waals surface area contributed by atoms with E-state index in [-0.39, 0.29) is 11.5 Å². The van der Waals surface area contributed by atoms with Gasteiger partial charge in [0.2, 0.25) is 5.91 Å². The van der Waals surface area contributed by atoms with E-state index < -0.39 is 5.91 Å².